The molecule has 0 radical (unpaired) electrons. The van der Waals surface area contributed by atoms with Gasteiger partial charge in [0.25, 0.3) is 0 Å². The number of nitrogens with zero attached hydrogens (tertiary/aromatic N) is 4. The molecule has 0 amide bonds. The lowest BCUT2D eigenvalue weighted by atomic mass is 9.93. The molecule has 0 unspecified atom stereocenters. The first-order valence-electron chi connectivity index (χ1n) is 21.0. The minimum Gasteiger partial charge on any atom is -0.456 e. The Morgan fingerprint density at radius 2 is 1.13 bits per heavy atom. The number of hydrogen-bond acceptors (Lipinski definition) is 5. The van der Waals surface area contributed by atoms with Crippen LogP contribution >= 0.6 is 11.3 Å². The van der Waals surface area contributed by atoms with Gasteiger partial charge in [0, 0.05) is 63.8 Å². The normalized spacial score (nSPS) is 11.9. The molecule has 9 aromatic carbocycles. The molecular weight excluding hydrogens is 789 g/mol. The summed E-state index contributed by atoms with van der Waals surface area (Å²) in [4.78, 5) is 16.0. The van der Waals surface area contributed by atoms with E-state index in [1.807, 2.05) is 78.1 Å². The van der Waals surface area contributed by atoms with Crippen LogP contribution in [0, 0.1) is 0 Å². The Morgan fingerprint density at radius 3 is 1.97 bits per heavy atom. The van der Waals surface area contributed by atoms with E-state index in [-0.39, 0.29) is 0 Å². The maximum absolute atomic E-state index is 6.39. The third-order valence-electron chi connectivity index (χ3n) is 12.6. The predicted molar refractivity (Wildman–Crippen MR) is 266 cm³/mol. The topological polar surface area (TPSA) is 56.7 Å². The van der Waals surface area contributed by atoms with E-state index in [4.69, 9.17) is 19.4 Å². The van der Waals surface area contributed by atoms with Crippen LogP contribution in [-0.4, -0.2) is 19.5 Å². The van der Waals surface area contributed by atoms with Crippen LogP contribution in [0.5, 0.6) is 0 Å². The van der Waals surface area contributed by atoms with Gasteiger partial charge in [0.2, 0.25) is 5.95 Å². The summed E-state index contributed by atoms with van der Waals surface area (Å²) in [6, 6.07) is 59.7. The van der Waals surface area contributed by atoms with E-state index in [2.05, 4.69) is 133 Å². The lowest BCUT2D eigenvalue weighted by Crippen LogP contribution is -2.07. The van der Waals surface area contributed by atoms with Gasteiger partial charge < -0.3 is 4.42 Å². The number of rotatable bonds is 6. The number of aromatic nitrogens is 4. The summed E-state index contributed by atoms with van der Waals surface area (Å²) in [7, 11) is 0. The average Bonchev–Trinajstić information content (AvgIpc) is 4.03. The van der Waals surface area contributed by atoms with Gasteiger partial charge in [-0.1, -0.05) is 165 Å². The van der Waals surface area contributed by atoms with E-state index in [1.165, 1.54) is 30.9 Å². The van der Waals surface area contributed by atoms with Crippen molar-refractivity contribution in [2.45, 2.75) is 0 Å². The molecule has 4 aromatic heterocycles. The first-order chi connectivity index (χ1) is 31.1. The second-order valence-electron chi connectivity index (χ2n) is 16.0. The van der Waals surface area contributed by atoms with E-state index in [0.717, 1.165) is 87.9 Å². The fraction of sp³-hybridized carbons (Fsp3) is 0. The summed E-state index contributed by atoms with van der Waals surface area (Å²) >= 11 is 1.84. The van der Waals surface area contributed by atoms with Crippen molar-refractivity contribution in [3.63, 3.8) is 0 Å². The maximum atomic E-state index is 6.39. The molecule has 0 spiro atoms. The molecular formula is C57H34N4OS. The Balaban J connectivity index is 1.15. The number of thiophene rings is 1. The zero-order valence-electron chi connectivity index (χ0n) is 33.8. The molecule has 13 aromatic rings. The molecule has 0 bridgehead atoms. The van der Waals surface area contributed by atoms with Gasteiger partial charge in [0.1, 0.15) is 11.2 Å². The number of furan rings is 1. The van der Waals surface area contributed by atoms with Gasteiger partial charge >= 0.3 is 0 Å². The van der Waals surface area contributed by atoms with Gasteiger partial charge in [-0.25, -0.2) is 4.98 Å². The summed E-state index contributed by atoms with van der Waals surface area (Å²) in [5.41, 5.74) is 9.56. The summed E-state index contributed by atoms with van der Waals surface area (Å²) in [6.45, 7) is 8.69. The monoisotopic (exact) mass is 822 g/mol. The summed E-state index contributed by atoms with van der Waals surface area (Å²) in [5.74, 6) is 1.63. The fourth-order valence-electron chi connectivity index (χ4n) is 9.82. The summed E-state index contributed by atoms with van der Waals surface area (Å²) in [5, 5.41) is 11.5. The van der Waals surface area contributed by atoms with Crippen molar-refractivity contribution in [2.75, 3.05) is 0 Å². The molecule has 0 N–H and O–H groups in total. The molecule has 294 valence electrons. The zero-order chi connectivity index (χ0) is 41.8. The first-order valence-corrected chi connectivity index (χ1v) is 21.8. The highest BCUT2D eigenvalue weighted by Crippen LogP contribution is 2.46. The van der Waals surface area contributed by atoms with Crippen LogP contribution in [0.3, 0.4) is 0 Å². The average molecular weight is 823 g/mol. The number of benzene rings is 9. The van der Waals surface area contributed by atoms with Crippen molar-refractivity contribution in [1.29, 1.82) is 0 Å². The Morgan fingerprint density at radius 1 is 0.444 bits per heavy atom. The summed E-state index contributed by atoms with van der Waals surface area (Å²) in [6.07, 6.45) is 3.92. The van der Waals surface area contributed by atoms with Gasteiger partial charge in [-0.2, -0.15) is 9.97 Å². The van der Waals surface area contributed by atoms with Crippen LogP contribution in [0.2, 0.25) is 0 Å². The van der Waals surface area contributed by atoms with Gasteiger partial charge in [-0.3, -0.25) is 4.57 Å². The van der Waals surface area contributed by atoms with Crippen molar-refractivity contribution < 1.29 is 4.42 Å². The molecule has 0 atom stereocenters. The van der Waals surface area contributed by atoms with Crippen molar-refractivity contribution in [3.8, 4) is 39.9 Å². The van der Waals surface area contributed by atoms with Crippen molar-refractivity contribution in [3.05, 3.63) is 194 Å². The van der Waals surface area contributed by atoms with E-state index < -0.39 is 0 Å². The lowest BCUT2D eigenvalue weighted by Gasteiger charge is -2.15. The zero-order valence-corrected chi connectivity index (χ0v) is 34.7. The second-order valence-corrected chi connectivity index (χ2v) is 17.1. The van der Waals surface area contributed by atoms with Crippen LogP contribution in [0.15, 0.2) is 187 Å². The lowest BCUT2D eigenvalue weighted by molar-refractivity contribution is 0.669. The van der Waals surface area contributed by atoms with Crippen LogP contribution in [0.4, 0.5) is 0 Å². The quantitative estimate of drug-likeness (QED) is 0.168. The fourth-order valence-corrected chi connectivity index (χ4v) is 11.0. The largest absolute Gasteiger partial charge is 0.456 e. The molecule has 6 heteroatoms. The number of hydrogen-bond donors (Lipinski definition) is 0. The molecule has 63 heavy (non-hydrogen) atoms. The third-order valence-corrected chi connectivity index (χ3v) is 13.7. The molecule has 0 fully saturated rings. The van der Waals surface area contributed by atoms with E-state index in [9.17, 15) is 0 Å². The van der Waals surface area contributed by atoms with Crippen molar-refractivity contribution >= 4 is 109 Å². The smallest absolute Gasteiger partial charge is 0.238 e. The van der Waals surface area contributed by atoms with Crippen LogP contribution in [0.1, 0.15) is 11.1 Å². The second kappa shape index (κ2) is 13.7. The number of para-hydroxylation sites is 2. The van der Waals surface area contributed by atoms with Gasteiger partial charge in [-0.05, 0) is 63.2 Å². The minimum atomic E-state index is 0.511. The highest BCUT2D eigenvalue weighted by Gasteiger charge is 2.25. The highest BCUT2D eigenvalue weighted by atomic mass is 32.1. The van der Waals surface area contributed by atoms with Crippen LogP contribution in [0.25, 0.3) is 137 Å². The molecule has 0 aliphatic carbocycles. The molecule has 13 rings (SSSR count). The molecule has 0 saturated heterocycles. The Kier molecular flexibility index (Phi) is 7.71. The third kappa shape index (κ3) is 5.25. The molecule has 0 saturated carbocycles. The van der Waals surface area contributed by atoms with E-state index in [1.54, 1.807) is 0 Å². The van der Waals surface area contributed by atoms with Crippen LogP contribution < -0.4 is 0 Å². The Bertz CT molecular complexity index is 4080. The predicted octanol–water partition coefficient (Wildman–Crippen LogP) is 15.8. The van der Waals surface area contributed by atoms with E-state index in [0.29, 0.717) is 17.6 Å². The van der Waals surface area contributed by atoms with E-state index >= 15 is 0 Å². The first kappa shape index (κ1) is 35.6. The minimum absolute atomic E-state index is 0.511. The molecule has 0 aliphatic heterocycles. The Labute approximate surface area is 365 Å². The van der Waals surface area contributed by atoms with Crippen molar-refractivity contribution in [2.24, 2.45) is 0 Å². The van der Waals surface area contributed by atoms with Crippen LogP contribution in [-0.2, 0) is 0 Å². The van der Waals surface area contributed by atoms with Gasteiger partial charge in [0.15, 0.2) is 11.6 Å². The standard InChI is InChI=1S/C57H34N4OS/c1-3-37-38(4-2)52-46-23-14-22-40(35-25-29-45-50(32-35)63-49-30-27-33-15-8-9-18-39(33)51(45)49)53(46)61(54(52)44-21-11-10-19-41(37)44)57-59-55(34-16-6-5-7-17-34)58-56(60-57)36-26-28-43-42-20-12-13-24-47(42)62-48(43)31-36/h3-32H,1-2H2. The van der Waals surface area contributed by atoms with Crippen molar-refractivity contribution in [1.82, 2.24) is 19.5 Å². The summed E-state index contributed by atoms with van der Waals surface area (Å²) < 4.78 is 11.2. The molecule has 4 heterocycles. The highest BCUT2D eigenvalue weighted by molar-refractivity contribution is 7.26. The maximum Gasteiger partial charge on any atom is 0.238 e. The van der Waals surface area contributed by atoms with Gasteiger partial charge in [0.05, 0.1) is 11.0 Å². The SMILES string of the molecule is C=Cc1c(C=C)c2c3cccc(-c4ccc5c(c4)sc4ccc6ccccc6c45)c3n(-c3nc(-c4ccccc4)nc(-c4ccc5c(c4)oc4ccccc45)n3)c2c2ccccc12. The number of fused-ring (bicyclic) bond motifs is 13. The van der Waals surface area contributed by atoms with Gasteiger partial charge in [-0.15, -0.1) is 11.3 Å². The molecule has 5 nitrogen and oxygen atoms in total. The molecule has 0 aliphatic rings. The Hall–Kier alpha value is -8.19.